The number of anilines is 2. The van der Waals surface area contributed by atoms with Crippen molar-refractivity contribution in [3.8, 4) is 5.75 Å². The fourth-order valence-corrected chi connectivity index (χ4v) is 1.59. The summed E-state index contributed by atoms with van der Waals surface area (Å²) in [6.45, 7) is 2.52. The number of halogens is 2. The highest BCUT2D eigenvalue weighted by Gasteiger charge is 2.06. The van der Waals surface area contributed by atoms with Crippen LogP contribution in [-0.4, -0.2) is 21.8 Å². The molecule has 0 fully saturated rings. The third-order valence-corrected chi connectivity index (χ3v) is 2.44. The Kier molecular flexibility index (Phi) is 4.17. The smallest absolute Gasteiger partial charge is 0.245 e. The molecule has 2 rings (SSSR count). The van der Waals surface area contributed by atoms with Crippen LogP contribution in [0.5, 0.6) is 5.75 Å². The fraction of sp³-hybridized carbons (Fsp3) is 0.182. The van der Waals surface area contributed by atoms with Gasteiger partial charge in [-0.15, -0.1) is 10.2 Å². The Balaban J connectivity index is 2.22. The molecule has 7 heteroatoms. The van der Waals surface area contributed by atoms with Gasteiger partial charge in [0.1, 0.15) is 5.75 Å². The molecule has 0 saturated heterocycles. The third kappa shape index (κ3) is 3.21. The van der Waals surface area contributed by atoms with Crippen LogP contribution < -0.4 is 10.1 Å². The number of hydrogen-bond acceptors (Lipinski definition) is 5. The molecule has 1 N–H and O–H groups in total. The van der Waals surface area contributed by atoms with E-state index in [0.717, 1.165) is 11.4 Å². The molecule has 1 aromatic heterocycles. The molecule has 0 unspecified atom stereocenters. The van der Waals surface area contributed by atoms with E-state index in [0.29, 0.717) is 12.4 Å². The maximum atomic E-state index is 5.86. The molecule has 0 aliphatic heterocycles. The molecular weight excluding hydrogens is 275 g/mol. The van der Waals surface area contributed by atoms with Crippen LogP contribution >= 0.6 is 23.2 Å². The summed E-state index contributed by atoms with van der Waals surface area (Å²) < 4.78 is 5.39. The van der Waals surface area contributed by atoms with Crippen LogP contribution in [0.15, 0.2) is 24.3 Å². The van der Waals surface area contributed by atoms with Crippen LogP contribution in [0.25, 0.3) is 0 Å². The minimum absolute atomic E-state index is 0.0304. The van der Waals surface area contributed by atoms with Crippen LogP contribution in [0.3, 0.4) is 0 Å². The van der Waals surface area contributed by atoms with Gasteiger partial charge in [-0.3, -0.25) is 0 Å². The second kappa shape index (κ2) is 5.84. The summed E-state index contributed by atoms with van der Waals surface area (Å²) in [5.41, 5.74) is 0.777. The fourth-order valence-electron chi connectivity index (χ4n) is 1.34. The second-order valence-electron chi connectivity index (χ2n) is 3.31. The van der Waals surface area contributed by atoms with Crippen molar-refractivity contribution >= 4 is 34.7 Å². The number of ether oxygens (including phenoxy) is 1. The Morgan fingerprint density at radius 2 is 2.11 bits per heavy atom. The Morgan fingerprint density at radius 3 is 2.89 bits per heavy atom. The molecule has 0 saturated carbocycles. The van der Waals surface area contributed by atoms with Crippen molar-refractivity contribution in [2.24, 2.45) is 0 Å². The number of rotatable bonds is 4. The Bertz CT molecular complexity index is 550. The zero-order valence-electron chi connectivity index (χ0n) is 9.52. The molecule has 0 atom stereocenters. The zero-order valence-corrected chi connectivity index (χ0v) is 11.0. The van der Waals surface area contributed by atoms with Crippen LogP contribution in [0.2, 0.25) is 10.4 Å². The summed E-state index contributed by atoms with van der Waals surface area (Å²) in [7, 11) is 0. The zero-order chi connectivity index (χ0) is 13.0. The molecule has 2 aromatic rings. The maximum Gasteiger partial charge on any atom is 0.245 e. The van der Waals surface area contributed by atoms with E-state index in [2.05, 4.69) is 20.5 Å². The van der Waals surface area contributed by atoms with E-state index < -0.39 is 0 Å². The van der Waals surface area contributed by atoms with Crippen molar-refractivity contribution in [2.75, 3.05) is 11.9 Å². The van der Waals surface area contributed by atoms with Crippen molar-refractivity contribution in [3.63, 3.8) is 0 Å². The quantitative estimate of drug-likeness (QED) is 0.933. The summed E-state index contributed by atoms with van der Waals surface area (Å²) in [6.07, 6.45) is 0. The molecule has 5 nitrogen and oxygen atoms in total. The van der Waals surface area contributed by atoms with Crippen molar-refractivity contribution in [2.45, 2.75) is 6.92 Å². The van der Waals surface area contributed by atoms with E-state index in [4.69, 9.17) is 27.9 Å². The van der Waals surface area contributed by atoms with Crippen LogP contribution in [-0.2, 0) is 0 Å². The van der Waals surface area contributed by atoms with Crippen molar-refractivity contribution in [1.82, 2.24) is 15.2 Å². The first kappa shape index (κ1) is 12.9. The van der Waals surface area contributed by atoms with Gasteiger partial charge in [-0.2, -0.15) is 4.98 Å². The van der Waals surface area contributed by atoms with Gasteiger partial charge >= 0.3 is 0 Å². The van der Waals surface area contributed by atoms with Gasteiger partial charge in [-0.1, -0.05) is 17.7 Å². The van der Waals surface area contributed by atoms with Gasteiger partial charge in [0.25, 0.3) is 0 Å². The summed E-state index contributed by atoms with van der Waals surface area (Å²) >= 11 is 11.5. The lowest BCUT2D eigenvalue weighted by molar-refractivity contribution is 0.340. The largest absolute Gasteiger partial charge is 0.494 e. The van der Waals surface area contributed by atoms with E-state index in [1.165, 1.54) is 0 Å². The number of hydrogen-bond donors (Lipinski definition) is 1. The van der Waals surface area contributed by atoms with Crippen molar-refractivity contribution in [3.05, 3.63) is 34.7 Å². The first-order valence-electron chi connectivity index (χ1n) is 5.24. The molecule has 1 heterocycles. The lowest BCUT2D eigenvalue weighted by atomic mass is 10.3. The number of aromatic nitrogens is 3. The van der Waals surface area contributed by atoms with Gasteiger partial charge in [0.15, 0.2) is 11.0 Å². The number of benzene rings is 1. The molecule has 0 aliphatic carbocycles. The van der Waals surface area contributed by atoms with E-state index in [9.17, 15) is 0 Å². The average Bonchev–Trinajstić information content (AvgIpc) is 2.35. The van der Waals surface area contributed by atoms with Gasteiger partial charge in [-0.05, 0) is 30.7 Å². The molecule has 18 heavy (non-hydrogen) atoms. The minimum Gasteiger partial charge on any atom is -0.494 e. The highest BCUT2D eigenvalue weighted by Crippen LogP contribution is 2.24. The number of nitrogens with zero attached hydrogens (tertiary/aromatic N) is 3. The summed E-state index contributed by atoms with van der Waals surface area (Å²) in [5.74, 6) is 1.11. The van der Waals surface area contributed by atoms with Crippen molar-refractivity contribution < 1.29 is 4.74 Å². The summed E-state index contributed by atoms with van der Waals surface area (Å²) in [5, 5.41) is 10.4. The minimum atomic E-state index is 0.0304. The average molecular weight is 285 g/mol. The lowest BCUT2D eigenvalue weighted by Gasteiger charge is -2.08. The summed E-state index contributed by atoms with van der Waals surface area (Å²) in [4.78, 5) is 3.95. The van der Waals surface area contributed by atoms with E-state index in [1.807, 2.05) is 31.2 Å². The van der Waals surface area contributed by atoms with Gasteiger partial charge in [0.05, 0.1) is 6.61 Å². The maximum absolute atomic E-state index is 5.86. The molecular formula is C11H10Cl2N4O. The molecule has 94 valence electrons. The first-order chi connectivity index (χ1) is 8.69. The Labute approximate surface area is 114 Å². The summed E-state index contributed by atoms with van der Waals surface area (Å²) in [6, 6.07) is 7.41. The second-order valence-corrected chi connectivity index (χ2v) is 4.00. The van der Waals surface area contributed by atoms with Gasteiger partial charge in [0.2, 0.25) is 5.28 Å². The van der Waals surface area contributed by atoms with Crippen LogP contribution in [0.4, 0.5) is 11.5 Å². The highest BCUT2D eigenvalue weighted by atomic mass is 35.5. The van der Waals surface area contributed by atoms with Crippen molar-refractivity contribution in [1.29, 1.82) is 0 Å². The van der Waals surface area contributed by atoms with E-state index >= 15 is 0 Å². The molecule has 0 spiro atoms. The van der Waals surface area contributed by atoms with E-state index in [-0.39, 0.29) is 10.4 Å². The molecule has 0 amide bonds. The molecule has 0 aliphatic rings. The molecule has 1 aromatic carbocycles. The lowest BCUT2D eigenvalue weighted by Crippen LogP contribution is -1.99. The van der Waals surface area contributed by atoms with Crippen LogP contribution in [0.1, 0.15) is 6.92 Å². The first-order valence-corrected chi connectivity index (χ1v) is 6.00. The topological polar surface area (TPSA) is 59.9 Å². The normalized spacial score (nSPS) is 10.2. The SMILES string of the molecule is CCOc1cccc(Nc2nc(Cl)nnc2Cl)c1. The Hall–Kier alpha value is -1.59. The van der Waals surface area contributed by atoms with Gasteiger partial charge < -0.3 is 10.1 Å². The standard InChI is InChI=1S/C11H10Cl2N4O/c1-2-18-8-5-3-4-7(6-8)14-10-9(12)16-17-11(13)15-10/h3-6H,2H2,1H3,(H,14,15,17). The molecule has 0 bridgehead atoms. The number of nitrogens with one attached hydrogen (secondary N) is 1. The van der Waals surface area contributed by atoms with E-state index in [1.54, 1.807) is 0 Å². The monoisotopic (exact) mass is 284 g/mol. The van der Waals surface area contributed by atoms with Crippen LogP contribution in [0, 0.1) is 0 Å². The predicted octanol–water partition coefficient (Wildman–Crippen LogP) is 3.32. The third-order valence-electron chi connectivity index (χ3n) is 2.03. The van der Waals surface area contributed by atoms with Gasteiger partial charge in [-0.25, -0.2) is 0 Å². The molecule has 0 radical (unpaired) electrons. The Morgan fingerprint density at radius 1 is 1.28 bits per heavy atom. The highest BCUT2D eigenvalue weighted by molar-refractivity contribution is 6.32. The predicted molar refractivity (Wildman–Crippen MR) is 70.7 cm³/mol. The van der Waals surface area contributed by atoms with Gasteiger partial charge in [0, 0.05) is 11.8 Å².